The van der Waals surface area contributed by atoms with E-state index in [1.807, 2.05) is 29.5 Å². The van der Waals surface area contributed by atoms with Crippen LogP contribution in [0, 0.1) is 0 Å². The first kappa shape index (κ1) is 13.6. The van der Waals surface area contributed by atoms with E-state index >= 15 is 0 Å². The number of rotatable bonds is 5. The van der Waals surface area contributed by atoms with Gasteiger partial charge in [-0.1, -0.05) is 30.7 Å². The molecule has 0 bridgehead atoms. The first-order valence-electron chi connectivity index (χ1n) is 6.25. The first-order chi connectivity index (χ1) is 8.67. The summed E-state index contributed by atoms with van der Waals surface area (Å²) in [5, 5.41) is 0.782. The molecule has 1 atom stereocenters. The van der Waals surface area contributed by atoms with E-state index < -0.39 is 0 Å². The predicted octanol–water partition coefficient (Wildman–Crippen LogP) is 4.08. The Balaban J connectivity index is 1.94. The minimum Gasteiger partial charge on any atom is -0.327 e. The third-order valence-electron chi connectivity index (χ3n) is 2.92. The Morgan fingerprint density at radius 3 is 2.61 bits per heavy atom. The van der Waals surface area contributed by atoms with Crippen LogP contribution < -0.4 is 5.73 Å². The van der Waals surface area contributed by atoms with Crippen molar-refractivity contribution in [3.05, 3.63) is 56.7 Å². The van der Waals surface area contributed by atoms with Gasteiger partial charge in [-0.3, -0.25) is 0 Å². The van der Waals surface area contributed by atoms with E-state index in [1.54, 1.807) is 0 Å². The van der Waals surface area contributed by atoms with Crippen LogP contribution in [0.4, 0.5) is 0 Å². The van der Waals surface area contributed by atoms with Gasteiger partial charge in [0.2, 0.25) is 0 Å². The molecule has 0 aliphatic carbocycles. The normalized spacial score (nSPS) is 12.6. The molecular formula is C15H18ClNS. The van der Waals surface area contributed by atoms with Crippen LogP contribution in [-0.2, 0) is 19.3 Å². The molecule has 1 aromatic carbocycles. The van der Waals surface area contributed by atoms with Crippen molar-refractivity contribution in [3.8, 4) is 0 Å². The molecule has 2 N–H and O–H groups in total. The first-order valence-corrected chi connectivity index (χ1v) is 7.44. The zero-order valence-corrected chi connectivity index (χ0v) is 12.1. The van der Waals surface area contributed by atoms with E-state index in [-0.39, 0.29) is 6.04 Å². The van der Waals surface area contributed by atoms with Crippen molar-refractivity contribution < 1.29 is 0 Å². The van der Waals surface area contributed by atoms with Crippen LogP contribution in [0.15, 0.2) is 36.4 Å². The quantitative estimate of drug-likeness (QED) is 0.877. The monoisotopic (exact) mass is 279 g/mol. The Bertz CT molecular complexity index is 507. The Morgan fingerprint density at radius 1 is 1.17 bits per heavy atom. The predicted molar refractivity (Wildman–Crippen MR) is 80.5 cm³/mol. The summed E-state index contributed by atoms with van der Waals surface area (Å²) in [4.78, 5) is 2.81. The highest BCUT2D eigenvalue weighted by atomic mass is 35.5. The van der Waals surface area contributed by atoms with Gasteiger partial charge in [0.1, 0.15) is 0 Å². The zero-order valence-electron chi connectivity index (χ0n) is 10.5. The number of nitrogens with two attached hydrogens (primary N) is 1. The van der Waals surface area contributed by atoms with Crippen molar-refractivity contribution in [2.45, 2.75) is 32.2 Å². The van der Waals surface area contributed by atoms with Crippen molar-refractivity contribution >= 4 is 22.9 Å². The lowest BCUT2D eigenvalue weighted by atomic mass is 10.0. The van der Waals surface area contributed by atoms with E-state index in [1.165, 1.54) is 15.3 Å². The van der Waals surface area contributed by atoms with E-state index in [0.717, 1.165) is 24.3 Å². The van der Waals surface area contributed by atoms with Crippen LogP contribution in [-0.4, -0.2) is 6.04 Å². The van der Waals surface area contributed by atoms with E-state index in [9.17, 15) is 0 Å². The van der Waals surface area contributed by atoms with Gasteiger partial charge in [-0.25, -0.2) is 0 Å². The van der Waals surface area contributed by atoms with Gasteiger partial charge >= 0.3 is 0 Å². The average Bonchev–Trinajstić information content (AvgIpc) is 2.76. The number of hydrogen-bond acceptors (Lipinski definition) is 2. The van der Waals surface area contributed by atoms with Crippen LogP contribution in [0.3, 0.4) is 0 Å². The Kier molecular flexibility index (Phi) is 4.81. The summed E-state index contributed by atoms with van der Waals surface area (Å²) in [5.74, 6) is 0. The second kappa shape index (κ2) is 6.37. The van der Waals surface area contributed by atoms with Gasteiger partial charge in [0, 0.05) is 20.8 Å². The van der Waals surface area contributed by atoms with E-state index in [4.69, 9.17) is 17.3 Å². The van der Waals surface area contributed by atoms with Gasteiger partial charge in [-0.15, -0.1) is 11.3 Å². The topological polar surface area (TPSA) is 26.0 Å². The van der Waals surface area contributed by atoms with Crippen molar-refractivity contribution in [2.24, 2.45) is 5.73 Å². The third kappa shape index (κ3) is 3.84. The fourth-order valence-electron chi connectivity index (χ4n) is 2.02. The number of thiophene rings is 1. The highest BCUT2D eigenvalue weighted by Gasteiger charge is 2.07. The number of benzene rings is 1. The lowest BCUT2D eigenvalue weighted by molar-refractivity contribution is 0.671. The van der Waals surface area contributed by atoms with Gasteiger partial charge < -0.3 is 5.73 Å². The van der Waals surface area contributed by atoms with Crippen LogP contribution in [0.25, 0.3) is 0 Å². The van der Waals surface area contributed by atoms with Crippen molar-refractivity contribution in [3.63, 3.8) is 0 Å². The maximum Gasteiger partial charge on any atom is 0.0408 e. The van der Waals surface area contributed by atoms with Gasteiger partial charge in [0.15, 0.2) is 0 Å². The highest BCUT2D eigenvalue weighted by Crippen LogP contribution is 2.19. The lowest BCUT2D eigenvalue weighted by Crippen LogP contribution is -2.25. The molecule has 1 nitrogen and oxygen atoms in total. The standard InChI is InChI=1S/C15H18ClNS/c1-2-14-6-7-15(18-14)10-13(17)9-11-4-3-5-12(16)8-11/h3-8,13H,2,9-10,17H2,1H3. The summed E-state index contributed by atoms with van der Waals surface area (Å²) in [6.07, 6.45) is 2.92. The Morgan fingerprint density at radius 2 is 1.94 bits per heavy atom. The molecular weight excluding hydrogens is 262 g/mol. The van der Waals surface area contributed by atoms with Gasteiger partial charge in [0.05, 0.1) is 0 Å². The number of aryl methyl sites for hydroxylation is 1. The van der Waals surface area contributed by atoms with Gasteiger partial charge in [-0.2, -0.15) is 0 Å². The average molecular weight is 280 g/mol. The SMILES string of the molecule is CCc1ccc(CC(N)Cc2cccc(Cl)c2)s1. The molecule has 2 rings (SSSR count). The molecule has 18 heavy (non-hydrogen) atoms. The fraction of sp³-hybridized carbons (Fsp3) is 0.333. The van der Waals surface area contributed by atoms with Crippen LogP contribution in [0.1, 0.15) is 22.2 Å². The van der Waals surface area contributed by atoms with Crippen molar-refractivity contribution in [1.82, 2.24) is 0 Å². The summed E-state index contributed by atoms with van der Waals surface area (Å²) < 4.78 is 0. The molecule has 3 heteroatoms. The molecule has 0 fully saturated rings. The number of hydrogen-bond donors (Lipinski definition) is 1. The van der Waals surface area contributed by atoms with E-state index in [2.05, 4.69) is 25.1 Å². The smallest absolute Gasteiger partial charge is 0.0408 e. The summed E-state index contributed by atoms with van der Waals surface area (Å²) in [6.45, 7) is 2.18. The fourth-order valence-corrected chi connectivity index (χ4v) is 3.28. The van der Waals surface area contributed by atoms with Crippen molar-refractivity contribution in [2.75, 3.05) is 0 Å². The molecule has 0 amide bonds. The van der Waals surface area contributed by atoms with E-state index in [0.29, 0.717) is 0 Å². The zero-order chi connectivity index (χ0) is 13.0. The molecule has 0 spiro atoms. The van der Waals surface area contributed by atoms with Gasteiger partial charge in [0.25, 0.3) is 0 Å². The third-order valence-corrected chi connectivity index (χ3v) is 4.40. The largest absolute Gasteiger partial charge is 0.327 e. The molecule has 1 heterocycles. The van der Waals surface area contributed by atoms with Crippen LogP contribution >= 0.6 is 22.9 Å². The minimum atomic E-state index is 0.159. The maximum atomic E-state index is 6.20. The number of halogens is 1. The molecule has 0 saturated carbocycles. The van der Waals surface area contributed by atoms with Crippen LogP contribution in [0.2, 0.25) is 5.02 Å². The lowest BCUT2D eigenvalue weighted by Gasteiger charge is -2.10. The van der Waals surface area contributed by atoms with Crippen molar-refractivity contribution in [1.29, 1.82) is 0 Å². The molecule has 2 aromatic rings. The molecule has 0 saturated heterocycles. The highest BCUT2D eigenvalue weighted by molar-refractivity contribution is 7.11. The molecule has 96 valence electrons. The van der Waals surface area contributed by atoms with Crippen LogP contribution in [0.5, 0.6) is 0 Å². The minimum absolute atomic E-state index is 0.159. The summed E-state index contributed by atoms with van der Waals surface area (Å²) >= 11 is 7.84. The summed E-state index contributed by atoms with van der Waals surface area (Å²) in [7, 11) is 0. The molecule has 0 aliphatic rings. The molecule has 0 radical (unpaired) electrons. The van der Waals surface area contributed by atoms with Gasteiger partial charge in [-0.05, 0) is 49.1 Å². The second-order valence-corrected chi connectivity index (χ2v) is 6.21. The Hall–Kier alpha value is -0.830. The molecule has 1 unspecified atom stereocenters. The summed E-state index contributed by atoms with van der Waals surface area (Å²) in [6, 6.07) is 12.5. The maximum absolute atomic E-state index is 6.20. The molecule has 1 aromatic heterocycles. The Labute approximate surface area is 118 Å². The summed E-state index contributed by atoms with van der Waals surface area (Å²) in [5.41, 5.74) is 7.41. The second-order valence-electron chi connectivity index (χ2n) is 4.52. The molecule has 0 aliphatic heterocycles.